The van der Waals surface area contributed by atoms with Crippen LogP contribution in [-0.2, 0) is 0 Å². The number of rotatable bonds is 4. The number of halogens is 1. The molecule has 0 spiro atoms. The Bertz CT molecular complexity index is 537. The second-order valence-electron chi connectivity index (χ2n) is 4.37. The van der Waals surface area contributed by atoms with E-state index in [0.29, 0.717) is 11.7 Å². The van der Waals surface area contributed by atoms with Gasteiger partial charge in [-0.05, 0) is 30.0 Å². The lowest BCUT2D eigenvalue weighted by atomic mass is 9.99. The molecule has 2 rings (SSSR count). The fraction of sp³-hybridized carbons (Fsp3) is 0.286. The van der Waals surface area contributed by atoms with Gasteiger partial charge in [-0.25, -0.2) is 0 Å². The molecule has 100 valence electrons. The summed E-state index contributed by atoms with van der Waals surface area (Å²) in [5, 5.41) is 0. The maximum Gasteiger partial charge on any atom is 0.227 e. The molecule has 1 heterocycles. The first-order valence-electron chi connectivity index (χ1n) is 6.16. The van der Waals surface area contributed by atoms with Gasteiger partial charge in [0.1, 0.15) is 5.75 Å². The largest absolute Gasteiger partial charge is 0.439 e. The average Bonchev–Trinajstić information content (AvgIpc) is 2.37. The van der Waals surface area contributed by atoms with Crippen LogP contribution in [0.5, 0.6) is 11.6 Å². The minimum atomic E-state index is -0.710. The molecule has 2 aromatic rings. The van der Waals surface area contributed by atoms with Crippen molar-refractivity contribution < 1.29 is 9.13 Å². The summed E-state index contributed by atoms with van der Waals surface area (Å²) in [6, 6.07) is 8.74. The summed E-state index contributed by atoms with van der Waals surface area (Å²) in [5.74, 6) is 0.331. The molecule has 0 fully saturated rings. The van der Waals surface area contributed by atoms with Gasteiger partial charge < -0.3 is 10.5 Å². The topological polar surface area (TPSA) is 61.0 Å². The third-order valence-corrected chi connectivity index (χ3v) is 2.97. The zero-order chi connectivity index (χ0) is 13.8. The average molecular weight is 261 g/mol. The van der Waals surface area contributed by atoms with Gasteiger partial charge in [0.05, 0.1) is 6.07 Å². The highest BCUT2D eigenvalue weighted by molar-refractivity contribution is 5.32. The lowest BCUT2D eigenvalue weighted by Gasteiger charge is -2.10. The number of aromatic nitrogens is 2. The van der Waals surface area contributed by atoms with E-state index < -0.39 is 5.95 Å². The molecule has 0 unspecified atom stereocenters. The number of hydrogen-bond donors (Lipinski definition) is 1. The maximum atomic E-state index is 13.0. The van der Waals surface area contributed by atoms with Crippen LogP contribution in [0.25, 0.3) is 0 Å². The molecule has 1 atom stereocenters. The number of benzene rings is 1. The lowest BCUT2D eigenvalue weighted by molar-refractivity contribution is 0.452. The first-order chi connectivity index (χ1) is 9.08. The number of hydrogen-bond acceptors (Lipinski definition) is 4. The fourth-order valence-corrected chi connectivity index (χ4v) is 1.69. The molecule has 0 bridgehead atoms. The maximum absolute atomic E-state index is 13.0. The Balaban J connectivity index is 2.15. The van der Waals surface area contributed by atoms with Crippen LogP contribution in [0.3, 0.4) is 0 Å². The predicted octanol–water partition coefficient (Wildman–Crippen LogP) is 3.50. The second-order valence-corrected chi connectivity index (χ2v) is 4.37. The van der Waals surface area contributed by atoms with Gasteiger partial charge in [-0.2, -0.15) is 14.4 Å². The van der Waals surface area contributed by atoms with Crippen molar-refractivity contribution in [1.29, 1.82) is 0 Å². The van der Waals surface area contributed by atoms with Gasteiger partial charge in [0.25, 0.3) is 0 Å². The van der Waals surface area contributed by atoms with Crippen molar-refractivity contribution in [1.82, 2.24) is 9.97 Å². The Hall–Kier alpha value is -2.17. The summed E-state index contributed by atoms with van der Waals surface area (Å²) in [4.78, 5) is 7.15. The fourth-order valence-electron chi connectivity index (χ4n) is 1.69. The molecular formula is C14H16FN3O. The highest BCUT2D eigenvalue weighted by Gasteiger charge is 2.06. The molecule has 0 radical (unpaired) electrons. The van der Waals surface area contributed by atoms with Gasteiger partial charge in [-0.3, -0.25) is 0 Å². The first kappa shape index (κ1) is 13.3. The number of anilines is 1. The third kappa shape index (κ3) is 3.40. The van der Waals surface area contributed by atoms with E-state index >= 15 is 0 Å². The molecule has 0 aliphatic heterocycles. The van der Waals surface area contributed by atoms with Crippen LogP contribution in [0.15, 0.2) is 30.3 Å². The summed E-state index contributed by atoms with van der Waals surface area (Å²) in [6.45, 7) is 4.30. The number of nitrogen functional groups attached to an aromatic ring is 1. The summed E-state index contributed by atoms with van der Waals surface area (Å²) in [7, 11) is 0. The van der Waals surface area contributed by atoms with Crippen LogP contribution < -0.4 is 10.5 Å². The first-order valence-corrected chi connectivity index (χ1v) is 6.16. The van der Waals surface area contributed by atoms with E-state index in [4.69, 9.17) is 10.5 Å². The highest BCUT2D eigenvalue weighted by atomic mass is 19.1. The van der Waals surface area contributed by atoms with Crippen LogP contribution in [0.4, 0.5) is 10.3 Å². The van der Waals surface area contributed by atoms with Gasteiger partial charge in [0.2, 0.25) is 17.8 Å². The van der Waals surface area contributed by atoms with Gasteiger partial charge in [-0.15, -0.1) is 0 Å². The van der Waals surface area contributed by atoms with Crippen LogP contribution in [0, 0.1) is 5.95 Å². The van der Waals surface area contributed by atoms with E-state index in [1.54, 1.807) is 0 Å². The number of nitrogens with zero attached hydrogens (tertiary/aromatic N) is 2. The molecule has 2 N–H and O–H groups in total. The van der Waals surface area contributed by atoms with E-state index in [0.717, 1.165) is 12.5 Å². The van der Waals surface area contributed by atoms with Gasteiger partial charge >= 0.3 is 0 Å². The Morgan fingerprint density at radius 2 is 1.95 bits per heavy atom. The molecule has 0 saturated heterocycles. The van der Waals surface area contributed by atoms with Crippen molar-refractivity contribution in [3.05, 3.63) is 41.8 Å². The minimum absolute atomic E-state index is 0.0984. The molecule has 19 heavy (non-hydrogen) atoms. The van der Waals surface area contributed by atoms with E-state index in [-0.39, 0.29) is 11.8 Å². The van der Waals surface area contributed by atoms with Crippen LogP contribution >= 0.6 is 0 Å². The number of nitrogens with two attached hydrogens (primary N) is 1. The Morgan fingerprint density at radius 3 is 2.53 bits per heavy atom. The van der Waals surface area contributed by atoms with Crippen molar-refractivity contribution in [2.45, 2.75) is 26.2 Å². The van der Waals surface area contributed by atoms with Crippen molar-refractivity contribution in [2.24, 2.45) is 0 Å². The molecular weight excluding hydrogens is 245 g/mol. The zero-order valence-electron chi connectivity index (χ0n) is 10.9. The summed E-state index contributed by atoms with van der Waals surface area (Å²) in [5.41, 5.74) is 6.59. The lowest BCUT2D eigenvalue weighted by Crippen LogP contribution is -1.99. The van der Waals surface area contributed by atoms with Crippen molar-refractivity contribution in [2.75, 3.05) is 5.73 Å². The van der Waals surface area contributed by atoms with E-state index in [2.05, 4.69) is 23.8 Å². The summed E-state index contributed by atoms with van der Waals surface area (Å²) < 4.78 is 18.5. The van der Waals surface area contributed by atoms with E-state index in [1.807, 2.05) is 24.3 Å². The van der Waals surface area contributed by atoms with Gasteiger partial charge in [0.15, 0.2) is 0 Å². The third-order valence-electron chi connectivity index (χ3n) is 2.97. The second kappa shape index (κ2) is 5.65. The Kier molecular flexibility index (Phi) is 3.94. The van der Waals surface area contributed by atoms with Crippen molar-refractivity contribution in [3.63, 3.8) is 0 Å². The van der Waals surface area contributed by atoms with Gasteiger partial charge in [-0.1, -0.05) is 26.0 Å². The number of ether oxygens (including phenoxy) is 1. The highest BCUT2D eigenvalue weighted by Crippen LogP contribution is 2.24. The molecule has 0 amide bonds. The molecule has 1 aromatic carbocycles. The van der Waals surface area contributed by atoms with Crippen LogP contribution in [-0.4, -0.2) is 9.97 Å². The van der Waals surface area contributed by atoms with Crippen molar-refractivity contribution in [3.8, 4) is 11.6 Å². The minimum Gasteiger partial charge on any atom is -0.439 e. The van der Waals surface area contributed by atoms with E-state index in [1.165, 1.54) is 5.56 Å². The smallest absolute Gasteiger partial charge is 0.227 e. The quantitative estimate of drug-likeness (QED) is 0.855. The standard InChI is InChI=1S/C14H16FN3O/c1-3-9(2)10-4-6-11(7-5-10)19-13-8-12(15)17-14(16)18-13/h4-9H,3H2,1-2H3,(H2,16,17,18)/t9-/m0/s1. The van der Waals surface area contributed by atoms with Crippen LogP contribution in [0.2, 0.25) is 0 Å². The summed E-state index contributed by atoms with van der Waals surface area (Å²) in [6.07, 6.45) is 1.08. The normalized spacial score (nSPS) is 12.2. The van der Waals surface area contributed by atoms with E-state index in [9.17, 15) is 4.39 Å². The van der Waals surface area contributed by atoms with Crippen molar-refractivity contribution >= 4 is 5.95 Å². The molecule has 0 aliphatic carbocycles. The van der Waals surface area contributed by atoms with Crippen LogP contribution in [0.1, 0.15) is 31.7 Å². The SMILES string of the molecule is CC[C@H](C)c1ccc(Oc2cc(F)nc(N)n2)cc1. The Morgan fingerprint density at radius 1 is 1.26 bits per heavy atom. The molecule has 1 aromatic heterocycles. The molecule has 0 aliphatic rings. The molecule has 5 heteroatoms. The molecule has 0 saturated carbocycles. The van der Waals surface area contributed by atoms with Gasteiger partial charge in [0, 0.05) is 0 Å². The summed E-state index contributed by atoms with van der Waals surface area (Å²) >= 11 is 0. The molecule has 4 nitrogen and oxygen atoms in total. The predicted molar refractivity (Wildman–Crippen MR) is 71.6 cm³/mol. The zero-order valence-corrected chi connectivity index (χ0v) is 10.9. The monoisotopic (exact) mass is 261 g/mol. The Labute approximate surface area is 111 Å².